The number of hydrogen-bond acceptors (Lipinski definition) is 4. The van der Waals surface area contributed by atoms with Gasteiger partial charge in [0.1, 0.15) is 5.75 Å². The molecule has 1 unspecified atom stereocenters. The van der Waals surface area contributed by atoms with Gasteiger partial charge in [0.05, 0.1) is 19.1 Å². The number of benzene rings is 1. The molecular weight excluding hydrogens is 308 g/mol. The molecule has 1 saturated heterocycles. The number of carboxylic acids is 1. The van der Waals surface area contributed by atoms with E-state index < -0.39 is 5.97 Å². The monoisotopic (exact) mass is 334 g/mol. The number of carboxylic acid groups (broad SMARTS) is 1. The van der Waals surface area contributed by atoms with Crippen LogP contribution < -0.4 is 10.1 Å². The Labute approximate surface area is 142 Å². The predicted octanol–water partition coefficient (Wildman–Crippen LogP) is 1.68. The lowest BCUT2D eigenvalue weighted by Gasteiger charge is -2.29. The summed E-state index contributed by atoms with van der Waals surface area (Å²) in [5.74, 6) is -0.339. The van der Waals surface area contributed by atoms with Crippen LogP contribution in [-0.4, -0.2) is 54.7 Å². The van der Waals surface area contributed by atoms with E-state index in [4.69, 9.17) is 9.84 Å². The van der Waals surface area contributed by atoms with Crippen LogP contribution in [0, 0.1) is 12.8 Å². The molecule has 6 nitrogen and oxygen atoms in total. The van der Waals surface area contributed by atoms with E-state index in [1.54, 1.807) is 0 Å². The van der Waals surface area contributed by atoms with Crippen molar-refractivity contribution in [1.29, 1.82) is 0 Å². The Balaban J connectivity index is 1.59. The standard InChI is InChI=1S/C18H26N2O4/c1-14-5-2-7-16(11-14)24-10-4-8-19-17(21)13-20-9-3-6-15(12-20)18(22)23/h2,5,7,11,15H,3-4,6,8-10,12-13H2,1H3,(H,19,21)(H,22,23). The first-order chi connectivity index (χ1) is 11.5. The third kappa shape index (κ3) is 6.20. The molecule has 24 heavy (non-hydrogen) atoms. The molecule has 0 saturated carbocycles. The summed E-state index contributed by atoms with van der Waals surface area (Å²) in [4.78, 5) is 24.9. The summed E-state index contributed by atoms with van der Waals surface area (Å²) in [6, 6.07) is 7.87. The van der Waals surface area contributed by atoms with Gasteiger partial charge in [-0.1, -0.05) is 12.1 Å². The molecule has 2 rings (SSSR count). The molecular formula is C18H26N2O4. The van der Waals surface area contributed by atoms with Crippen LogP contribution in [0.2, 0.25) is 0 Å². The third-order valence-electron chi connectivity index (χ3n) is 4.12. The largest absolute Gasteiger partial charge is 0.494 e. The van der Waals surface area contributed by atoms with E-state index in [-0.39, 0.29) is 18.4 Å². The summed E-state index contributed by atoms with van der Waals surface area (Å²) in [5, 5.41) is 11.9. The Morgan fingerprint density at radius 1 is 1.42 bits per heavy atom. The van der Waals surface area contributed by atoms with Gasteiger partial charge in [-0.25, -0.2) is 0 Å². The molecule has 6 heteroatoms. The second kappa shape index (κ2) is 9.27. The molecule has 1 amide bonds. The van der Waals surface area contributed by atoms with Gasteiger partial charge in [-0.15, -0.1) is 0 Å². The molecule has 132 valence electrons. The predicted molar refractivity (Wildman–Crippen MR) is 91.1 cm³/mol. The molecule has 1 heterocycles. The Bertz CT molecular complexity index is 562. The van der Waals surface area contributed by atoms with Gasteiger partial charge in [-0.3, -0.25) is 14.5 Å². The average Bonchev–Trinajstić information content (AvgIpc) is 2.55. The quantitative estimate of drug-likeness (QED) is 0.707. The van der Waals surface area contributed by atoms with Crippen LogP contribution in [0.3, 0.4) is 0 Å². The van der Waals surface area contributed by atoms with Crippen molar-refractivity contribution in [2.75, 3.05) is 32.8 Å². The highest BCUT2D eigenvalue weighted by atomic mass is 16.5. The van der Waals surface area contributed by atoms with E-state index in [9.17, 15) is 9.59 Å². The maximum absolute atomic E-state index is 11.9. The maximum atomic E-state index is 11.9. The fourth-order valence-corrected chi connectivity index (χ4v) is 2.85. The van der Waals surface area contributed by atoms with Gasteiger partial charge in [0.2, 0.25) is 5.91 Å². The maximum Gasteiger partial charge on any atom is 0.307 e. The number of carbonyl (C=O) groups excluding carboxylic acids is 1. The Morgan fingerprint density at radius 3 is 3.00 bits per heavy atom. The fraction of sp³-hybridized carbons (Fsp3) is 0.556. The van der Waals surface area contributed by atoms with Gasteiger partial charge in [-0.2, -0.15) is 0 Å². The van der Waals surface area contributed by atoms with E-state index in [1.807, 2.05) is 36.1 Å². The van der Waals surface area contributed by atoms with Crippen LogP contribution >= 0.6 is 0 Å². The molecule has 0 radical (unpaired) electrons. The molecule has 1 fully saturated rings. The Hall–Kier alpha value is -2.08. The van der Waals surface area contributed by atoms with Gasteiger partial charge in [0, 0.05) is 13.1 Å². The summed E-state index contributed by atoms with van der Waals surface area (Å²) in [6.45, 7) is 4.63. The minimum absolute atomic E-state index is 0.0587. The number of ether oxygens (including phenoxy) is 1. The number of aryl methyl sites for hydroxylation is 1. The molecule has 0 aromatic heterocycles. The highest BCUT2D eigenvalue weighted by Crippen LogP contribution is 2.16. The number of nitrogens with zero attached hydrogens (tertiary/aromatic N) is 1. The SMILES string of the molecule is Cc1cccc(OCCCNC(=O)CN2CCCC(C(=O)O)C2)c1. The number of piperidine rings is 1. The first-order valence-corrected chi connectivity index (χ1v) is 8.46. The van der Waals surface area contributed by atoms with Crippen molar-refractivity contribution in [1.82, 2.24) is 10.2 Å². The van der Waals surface area contributed by atoms with E-state index in [2.05, 4.69) is 5.32 Å². The summed E-state index contributed by atoms with van der Waals surface area (Å²) < 4.78 is 5.63. The zero-order valence-electron chi connectivity index (χ0n) is 14.2. The summed E-state index contributed by atoms with van der Waals surface area (Å²) in [7, 11) is 0. The van der Waals surface area contributed by atoms with Crippen molar-refractivity contribution in [3.05, 3.63) is 29.8 Å². The van der Waals surface area contributed by atoms with Crippen molar-refractivity contribution in [2.45, 2.75) is 26.2 Å². The minimum Gasteiger partial charge on any atom is -0.494 e. The van der Waals surface area contributed by atoms with Crippen LogP contribution in [0.1, 0.15) is 24.8 Å². The Morgan fingerprint density at radius 2 is 2.25 bits per heavy atom. The number of amides is 1. The first kappa shape index (κ1) is 18.3. The van der Waals surface area contributed by atoms with Crippen LogP contribution in [0.5, 0.6) is 5.75 Å². The lowest BCUT2D eigenvalue weighted by molar-refractivity contribution is -0.144. The summed E-state index contributed by atoms with van der Waals surface area (Å²) in [6.07, 6.45) is 2.26. The molecule has 0 bridgehead atoms. The second-order valence-electron chi connectivity index (χ2n) is 6.28. The highest BCUT2D eigenvalue weighted by molar-refractivity contribution is 5.78. The number of likely N-dealkylation sites (tertiary alicyclic amines) is 1. The lowest BCUT2D eigenvalue weighted by Crippen LogP contribution is -2.44. The number of aliphatic carboxylic acids is 1. The number of rotatable bonds is 8. The number of hydrogen-bond donors (Lipinski definition) is 2. The van der Waals surface area contributed by atoms with E-state index >= 15 is 0 Å². The van der Waals surface area contributed by atoms with Crippen molar-refractivity contribution in [3.8, 4) is 5.75 Å². The molecule has 1 aromatic carbocycles. The second-order valence-corrected chi connectivity index (χ2v) is 6.28. The molecule has 1 aromatic rings. The third-order valence-corrected chi connectivity index (χ3v) is 4.12. The van der Waals surface area contributed by atoms with Crippen LogP contribution in [0.25, 0.3) is 0 Å². The van der Waals surface area contributed by atoms with E-state index in [0.717, 1.165) is 30.7 Å². The van der Waals surface area contributed by atoms with Gasteiger partial charge in [0.25, 0.3) is 0 Å². The molecule has 1 aliphatic heterocycles. The molecule has 1 atom stereocenters. The van der Waals surface area contributed by atoms with E-state index in [0.29, 0.717) is 26.1 Å². The minimum atomic E-state index is -0.770. The van der Waals surface area contributed by atoms with Crippen LogP contribution in [-0.2, 0) is 9.59 Å². The fourth-order valence-electron chi connectivity index (χ4n) is 2.85. The molecule has 1 aliphatic rings. The van der Waals surface area contributed by atoms with Gasteiger partial charge < -0.3 is 15.2 Å². The topological polar surface area (TPSA) is 78.9 Å². The zero-order valence-corrected chi connectivity index (χ0v) is 14.2. The zero-order chi connectivity index (χ0) is 17.4. The smallest absolute Gasteiger partial charge is 0.307 e. The van der Waals surface area contributed by atoms with Crippen molar-refractivity contribution < 1.29 is 19.4 Å². The van der Waals surface area contributed by atoms with Gasteiger partial charge in [0.15, 0.2) is 0 Å². The molecule has 0 aliphatic carbocycles. The van der Waals surface area contributed by atoms with E-state index in [1.165, 1.54) is 0 Å². The normalized spacial score (nSPS) is 18.1. The van der Waals surface area contributed by atoms with Crippen molar-refractivity contribution in [3.63, 3.8) is 0 Å². The molecule has 0 spiro atoms. The summed E-state index contributed by atoms with van der Waals surface area (Å²) >= 11 is 0. The van der Waals surface area contributed by atoms with Gasteiger partial charge >= 0.3 is 5.97 Å². The highest BCUT2D eigenvalue weighted by Gasteiger charge is 2.26. The van der Waals surface area contributed by atoms with Gasteiger partial charge in [-0.05, 0) is 50.4 Å². The van der Waals surface area contributed by atoms with Crippen molar-refractivity contribution >= 4 is 11.9 Å². The van der Waals surface area contributed by atoms with Crippen LogP contribution in [0.4, 0.5) is 0 Å². The Kier molecular flexibility index (Phi) is 7.06. The lowest BCUT2D eigenvalue weighted by atomic mass is 9.98. The molecule has 2 N–H and O–H groups in total. The number of nitrogens with one attached hydrogen (secondary N) is 1. The first-order valence-electron chi connectivity index (χ1n) is 8.46. The number of carbonyl (C=O) groups is 2. The summed E-state index contributed by atoms with van der Waals surface area (Å²) in [5.41, 5.74) is 1.15. The van der Waals surface area contributed by atoms with Crippen LogP contribution in [0.15, 0.2) is 24.3 Å². The van der Waals surface area contributed by atoms with Crippen molar-refractivity contribution in [2.24, 2.45) is 5.92 Å². The average molecular weight is 334 g/mol.